The van der Waals surface area contributed by atoms with Crippen LogP contribution < -0.4 is 10.6 Å². The van der Waals surface area contributed by atoms with Crippen molar-refractivity contribution in [3.63, 3.8) is 0 Å². The lowest BCUT2D eigenvalue weighted by Crippen LogP contribution is -2.64. The topological polar surface area (TPSA) is 74.2 Å². The number of aliphatic hydroxyl groups is 1. The summed E-state index contributed by atoms with van der Waals surface area (Å²) in [6, 6.07) is 3.80. The lowest BCUT2D eigenvalue weighted by molar-refractivity contribution is -0.122. The lowest BCUT2D eigenvalue weighted by Gasteiger charge is -2.37. The molecule has 0 spiro atoms. The van der Waals surface area contributed by atoms with E-state index in [9.17, 15) is 9.90 Å². The van der Waals surface area contributed by atoms with Gasteiger partial charge in [-0.1, -0.05) is 0 Å². The summed E-state index contributed by atoms with van der Waals surface area (Å²) in [7, 11) is 0. The molecule has 17 heavy (non-hydrogen) atoms. The van der Waals surface area contributed by atoms with Crippen LogP contribution in [0.25, 0.3) is 0 Å². The zero-order valence-electron chi connectivity index (χ0n) is 9.65. The van der Waals surface area contributed by atoms with Gasteiger partial charge in [0.05, 0.1) is 0 Å². The van der Waals surface area contributed by atoms with E-state index in [2.05, 4.69) is 15.6 Å². The Bertz CT molecular complexity index is 377. The Morgan fingerprint density at radius 3 is 2.76 bits per heavy atom. The van der Waals surface area contributed by atoms with Crippen LogP contribution >= 0.6 is 0 Å². The number of aromatic nitrogens is 1. The Hall–Kier alpha value is -1.46. The van der Waals surface area contributed by atoms with Gasteiger partial charge in [-0.15, -0.1) is 0 Å². The number of amides is 1. The standard InChI is InChI=1S/C12H17N3O2/c16-11(15-9-12(17)7-14-8-12)2-1-10-3-5-13-6-4-10/h3-6,14,17H,1-2,7-9H2,(H,15,16). The first kappa shape index (κ1) is 12.0. The van der Waals surface area contributed by atoms with Crippen molar-refractivity contribution in [3.8, 4) is 0 Å². The third-order valence-corrected chi connectivity index (χ3v) is 2.91. The molecule has 1 aromatic rings. The highest BCUT2D eigenvalue weighted by Gasteiger charge is 2.34. The van der Waals surface area contributed by atoms with Crippen LogP contribution in [0.3, 0.4) is 0 Å². The maximum atomic E-state index is 11.5. The molecule has 0 aliphatic carbocycles. The van der Waals surface area contributed by atoms with Gasteiger partial charge in [-0.3, -0.25) is 9.78 Å². The normalized spacial score (nSPS) is 17.2. The fourth-order valence-corrected chi connectivity index (χ4v) is 1.70. The summed E-state index contributed by atoms with van der Waals surface area (Å²) in [4.78, 5) is 15.5. The van der Waals surface area contributed by atoms with E-state index < -0.39 is 5.60 Å². The number of carbonyl (C=O) groups excluding carboxylic acids is 1. The van der Waals surface area contributed by atoms with Crippen molar-refractivity contribution in [1.29, 1.82) is 0 Å². The molecule has 92 valence electrons. The molecule has 5 nitrogen and oxygen atoms in total. The van der Waals surface area contributed by atoms with E-state index in [4.69, 9.17) is 0 Å². The molecule has 0 aromatic carbocycles. The number of β-amino-alcohol motifs (C(OH)–C–C–N with tert-alkyl or cyclic N) is 1. The fourth-order valence-electron chi connectivity index (χ4n) is 1.70. The summed E-state index contributed by atoms with van der Waals surface area (Å²) in [6.07, 6.45) is 4.57. The van der Waals surface area contributed by atoms with Crippen molar-refractivity contribution < 1.29 is 9.90 Å². The van der Waals surface area contributed by atoms with E-state index in [1.54, 1.807) is 12.4 Å². The molecule has 0 unspecified atom stereocenters. The number of pyridine rings is 1. The molecule has 1 fully saturated rings. The first-order valence-electron chi connectivity index (χ1n) is 5.77. The highest BCUT2D eigenvalue weighted by Crippen LogP contribution is 2.08. The minimum atomic E-state index is -0.744. The van der Waals surface area contributed by atoms with Crippen LogP contribution in [0.5, 0.6) is 0 Å². The van der Waals surface area contributed by atoms with Crippen LogP contribution in [0.2, 0.25) is 0 Å². The molecule has 0 radical (unpaired) electrons. The summed E-state index contributed by atoms with van der Waals surface area (Å²) in [5.74, 6) is -0.0258. The maximum Gasteiger partial charge on any atom is 0.220 e. The summed E-state index contributed by atoms with van der Waals surface area (Å²) >= 11 is 0. The molecule has 1 aromatic heterocycles. The Morgan fingerprint density at radius 1 is 1.47 bits per heavy atom. The zero-order chi connectivity index (χ0) is 12.1. The smallest absolute Gasteiger partial charge is 0.220 e. The van der Waals surface area contributed by atoms with Gasteiger partial charge in [0.25, 0.3) is 0 Å². The second kappa shape index (κ2) is 5.25. The number of carbonyl (C=O) groups is 1. The van der Waals surface area contributed by atoms with Crippen molar-refractivity contribution in [2.24, 2.45) is 0 Å². The van der Waals surface area contributed by atoms with Crippen LogP contribution in [0, 0.1) is 0 Å². The summed E-state index contributed by atoms with van der Waals surface area (Å²) in [5.41, 5.74) is 0.353. The van der Waals surface area contributed by atoms with Gasteiger partial charge in [0.15, 0.2) is 0 Å². The molecular formula is C12H17N3O2. The molecule has 2 heterocycles. The van der Waals surface area contributed by atoms with Gasteiger partial charge in [-0.2, -0.15) is 0 Å². The molecule has 1 aliphatic heterocycles. The highest BCUT2D eigenvalue weighted by atomic mass is 16.3. The molecule has 0 bridgehead atoms. The van der Waals surface area contributed by atoms with Gasteiger partial charge in [0.2, 0.25) is 5.91 Å². The SMILES string of the molecule is O=C(CCc1ccncc1)NCC1(O)CNC1. The number of hydrogen-bond donors (Lipinski definition) is 3. The van der Waals surface area contributed by atoms with E-state index in [1.165, 1.54) is 0 Å². The van der Waals surface area contributed by atoms with Gasteiger partial charge >= 0.3 is 0 Å². The first-order valence-corrected chi connectivity index (χ1v) is 5.77. The average molecular weight is 235 g/mol. The number of nitrogens with zero attached hydrogens (tertiary/aromatic N) is 1. The number of aryl methyl sites for hydroxylation is 1. The Kier molecular flexibility index (Phi) is 3.71. The van der Waals surface area contributed by atoms with Crippen molar-refractivity contribution in [3.05, 3.63) is 30.1 Å². The van der Waals surface area contributed by atoms with Crippen molar-refractivity contribution in [2.75, 3.05) is 19.6 Å². The fraction of sp³-hybridized carbons (Fsp3) is 0.500. The predicted octanol–water partition coefficient (Wildman–Crippen LogP) is -0.535. The molecule has 1 amide bonds. The monoisotopic (exact) mass is 235 g/mol. The van der Waals surface area contributed by atoms with E-state index >= 15 is 0 Å². The van der Waals surface area contributed by atoms with E-state index in [0.717, 1.165) is 5.56 Å². The summed E-state index contributed by atoms with van der Waals surface area (Å²) < 4.78 is 0. The number of nitrogens with one attached hydrogen (secondary N) is 2. The predicted molar refractivity (Wildman–Crippen MR) is 63.4 cm³/mol. The molecule has 1 saturated heterocycles. The maximum absolute atomic E-state index is 11.5. The van der Waals surface area contributed by atoms with Crippen LogP contribution in [0.4, 0.5) is 0 Å². The van der Waals surface area contributed by atoms with E-state index in [-0.39, 0.29) is 5.91 Å². The van der Waals surface area contributed by atoms with Gasteiger partial charge in [0.1, 0.15) is 5.60 Å². The molecular weight excluding hydrogens is 218 g/mol. The average Bonchev–Trinajstić information content (AvgIpc) is 2.33. The molecule has 5 heteroatoms. The van der Waals surface area contributed by atoms with E-state index in [1.807, 2.05) is 12.1 Å². The molecule has 2 rings (SSSR count). The number of rotatable bonds is 5. The third kappa shape index (κ3) is 3.51. The molecule has 0 atom stereocenters. The van der Waals surface area contributed by atoms with Gasteiger partial charge < -0.3 is 15.7 Å². The second-order valence-corrected chi connectivity index (χ2v) is 4.46. The quantitative estimate of drug-likeness (QED) is 0.641. The first-order chi connectivity index (χ1) is 8.18. The largest absolute Gasteiger partial charge is 0.385 e. The lowest BCUT2D eigenvalue weighted by atomic mass is 9.97. The van der Waals surface area contributed by atoms with Crippen LogP contribution in [-0.2, 0) is 11.2 Å². The van der Waals surface area contributed by atoms with Gasteiger partial charge in [-0.25, -0.2) is 0 Å². The molecule has 3 N–H and O–H groups in total. The van der Waals surface area contributed by atoms with Crippen molar-refractivity contribution >= 4 is 5.91 Å². The highest BCUT2D eigenvalue weighted by molar-refractivity contribution is 5.76. The zero-order valence-corrected chi connectivity index (χ0v) is 9.65. The Morgan fingerprint density at radius 2 is 2.18 bits per heavy atom. The minimum absolute atomic E-state index is 0.0258. The van der Waals surface area contributed by atoms with Crippen molar-refractivity contribution in [1.82, 2.24) is 15.6 Å². The summed E-state index contributed by atoms with van der Waals surface area (Å²) in [5, 5.41) is 15.5. The Labute approximate surface area is 100 Å². The summed E-state index contributed by atoms with van der Waals surface area (Å²) in [6.45, 7) is 1.43. The van der Waals surface area contributed by atoms with Gasteiger partial charge in [0, 0.05) is 38.4 Å². The van der Waals surface area contributed by atoms with Crippen molar-refractivity contribution in [2.45, 2.75) is 18.4 Å². The van der Waals surface area contributed by atoms with Crippen LogP contribution in [0.15, 0.2) is 24.5 Å². The number of hydrogen-bond acceptors (Lipinski definition) is 4. The van der Waals surface area contributed by atoms with Crippen LogP contribution in [0.1, 0.15) is 12.0 Å². The van der Waals surface area contributed by atoms with Crippen LogP contribution in [-0.4, -0.2) is 41.2 Å². The van der Waals surface area contributed by atoms with E-state index in [0.29, 0.717) is 32.5 Å². The molecule has 1 aliphatic rings. The third-order valence-electron chi connectivity index (χ3n) is 2.91. The second-order valence-electron chi connectivity index (χ2n) is 4.46. The molecule has 0 saturated carbocycles. The van der Waals surface area contributed by atoms with Gasteiger partial charge in [-0.05, 0) is 24.1 Å². The minimum Gasteiger partial charge on any atom is -0.385 e. The Balaban J connectivity index is 1.67.